The first-order valence-corrected chi connectivity index (χ1v) is 11.1. The van der Waals surface area contributed by atoms with Gasteiger partial charge in [0.1, 0.15) is 6.04 Å². The molecule has 3 aliphatic rings. The van der Waals surface area contributed by atoms with Gasteiger partial charge >= 0.3 is 12.2 Å². The molecule has 0 saturated heterocycles. The molecule has 4 rings (SSSR count). The minimum atomic E-state index is -4.66. The summed E-state index contributed by atoms with van der Waals surface area (Å²) in [5, 5.41) is 5.51. The maximum absolute atomic E-state index is 13.7. The van der Waals surface area contributed by atoms with Crippen LogP contribution in [0.4, 0.5) is 18.0 Å². The van der Waals surface area contributed by atoms with Gasteiger partial charge in [-0.1, -0.05) is 32.0 Å². The summed E-state index contributed by atoms with van der Waals surface area (Å²) in [5.41, 5.74) is -0.679. The Bertz CT molecular complexity index is 1020. The van der Waals surface area contributed by atoms with E-state index in [9.17, 15) is 27.6 Å². The van der Waals surface area contributed by atoms with Crippen molar-refractivity contribution in [3.8, 4) is 0 Å². The molecule has 0 unspecified atom stereocenters. The SMILES string of the molecule is CCN1C(=O)N[C@H](c2ccccc2C(F)(F)F)C2=C1CN([C@H](C(=O)NC1CC1)C(C)C)C2=O. The van der Waals surface area contributed by atoms with Gasteiger partial charge in [-0.05, 0) is 37.3 Å². The van der Waals surface area contributed by atoms with Crippen molar-refractivity contribution in [3.05, 3.63) is 46.7 Å². The number of nitrogens with zero attached hydrogens (tertiary/aromatic N) is 2. The second-order valence-corrected chi connectivity index (χ2v) is 8.98. The fourth-order valence-electron chi connectivity index (χ4n) is 4.63. The summed E-state index contributed by atoms with van der Waals surface area (Å²) in [6, 6.07) is 2.39. The van der Waals surface area contributed by atoms with E-state index in [2.05, 4.69) is 10.6 Å². The number of carbonyl (C=O) groups excluding carboxylic acids is 3. The van der Waals surface area contributed by atoms with Crippen molar-refractivity contribution in [3.63, 3.8) is 0 Å². The first-order chi connectivity index (χ1) is 15.5. The van der Waals surface area contributed by atoms with Crippen LogP contribution >= 0.6 is 0 Å². The van der Waals surface area contributed by atoms with Crippen LogP contribution in [-0.2, 0) is 15.8 Å². The predicted molar refractivity (Wildman–Crippen MR) is 114 cm³/mol. The van der Waals surface area contributed by atoms with Gasteiger partial charge in [-0.25, -0.2) is 4.79 Å². The summed E-state index contributed by atoms with van der Waals surface area (Å²) < 4.78 is 41.2. The van der Waals surface area contributed by atoms with Crippen LogP contribution in [0.25, 0.3) is 0 Å². The first kappa shape index (κ1) is 23.1. The van der Waals surface area contributed by atoms with Crippen molar-refractivity contribution in [2.45, 2.75) is 57.9 Å². The summed E-state index contributed by atoms with van der Waals surface area (Å²) in [5.74, 6) is -1.04. The van der Waals surface area contributed by atoms with Crippen molar-refractivity contribution in [2.24, 2.45) is 5.92 Å². The number of halogens is 3. The van der Waals surface area contributed by atoms with Gasteiger partial charge < -0.3 is 15.5 Å². The molecule has 7 nitrogen and oxygen atoms in total. The Morgan fingerprint density at radius 3 is 2.45 bits per heavy atom. The van der Waals surface area contributed by atoms with Gasteiger partial charge in [0.2, 0.25) is 5.91 Å². The number of hydrogen-bond donors (Lipinski definition) is 2. The molecule has 2 heterocycles. The van der Waals surface area contributed by atoms with Crippen LogP contribution in [0, 0.1) is 5.92 Å². The lowest BCUT2D eigenvalue weighted by Crippen LogP contribution is -2.51. The topological polar surface area (TPSA) is 81.8 Å². The maximum Gasteiger partial charge on any atom is 0.416 e. The number of alkyl halides is 3. The highest BCUT2D eigenvalue weighted by Gasteiger charge is 2.49. The Labute approximate surface area is 190 Å². The van der Waals surface area contributed by atoms with Gasteiger partial charge in [0, 0.05) is 12.6 Å². The van der Waals surface area contributed by atoms with E-state index in [1.807, 2.05) is 13.8 Å². The molecule has 178 valence electrons. The fraction of sp³-hybridized carbons (Fsp3) is 0.522. The van der Waals surface area contributed by atoms with E-state index in [1.54, 1.807) is 6.92 Å². The highest BCUT2D eigenvalue weighted by atomic mass is 19.4. The normalized spacial score (nSPS) is 22.0. The van der Waals surface area contributed by atoms with Crippen molar-refractivity contribution >= 4 is 17.8 Å². The Kier molecular flexibility index (Phi) is 5.88. The largest absolute Gasteiger partial charge is 0.416 e. The zero-order valence-electron chi connectivity index (χ0n) is 18.7. The highest BCUT2D eigenvalue weighted by molar-refractivity contribution is 6.03. The molecule has 2 N–H and O–H groups in total. The van der Waals surface area contributed by atoms with Crippen LogP contribution in [0.5, 0.6) is 0 Å². The van der Waals surface area contributed by atoms with Crippen molar-refractivity contribution in [1.82, 2.24) is 20.4 Å². The Morgan fingerprint density at radius 1 is 1.21 bits per heavy atom. The van der Waals surface area contributed by atoms with Crippen molar-refractivity contribution < 1.29 is 27.6 Å². The molecule has 2 atom stereocenters. The summed E-state index contributed by atoms with van der Waals surface area (Å²) in [7, 11) is 0. The fourth-order valence-corrected chi connectivity index (χ4v) is 4.63. The van der Waals surface area contributed by atoms with Crippen LogP contribution in [0.1, 0.15) is 50.8 Å². The van der Waals surface area contributed by atoms with Gasteiger partial charge in [-0.3, -0.25) is 14.5 Å². The van der Waals surface area contributed by atoms with E-state index < -0.39 is 35.8 Å². The monoisotopic (exact) mass is 464 g/mol. The zero-order valence-corrected chi connectivity index (χ0v) is 18.7. The molecule has 33 heavy (non-hydrogen) atoms. The molecule has 1 saturated carbocycles. The number of likely N-dealkylation sites (N-methyl/N-ethyl adjacent to an activating group) is 1. The van der Waals surface area contributed by atoms with E-state index in [0.717, 1.165) is 18.9 Å². The number of hydrogen-bond acceptors (Lipinski definition) is 3. The summed E-state index contributed by atoms with van der Waals surface area (Å²) in [6.45, 7) is 5.58. The van der Waals surface area contributed by atoms with E-state index in [4.69, 9.17) is 0 Å². The standard InChI is InChI=1S/C23H27F3N4O3/c1-4-29-16-11-30(19(12(2)3)20(31)27-13-9-10-13)21(32)17(16)18(28-22(29)33)14-7-5-6-8-15(14)23(24,25)26/h5-8,12-13,18-19H,4,9-11H2,1-3H3,(H,27,31)(H,28,33)/t18-,19+/m1/s1. The van der Waals surface area contributed by atoms with Crippen LogP contribution in [0.3, 0.4) is 0 Å². The van der Waals surface area contributed by atoms with Crippen LogP contribution in [-0.4, -0.2) is 52.8 Å². The summed E-state index contributed by atoms with van der Waals surface area (Å²) in [4.78, 5) is 42.1. The average Bonchev–Trinajstić information content (AvgIpc) is 3.49. The molecule has 1 aromatic rings. The average molecular weight is 464 g/mol. The van der Waals surface area contributed by atoms with Gasteiger partial charge in [-0.2, -0.15) is 13.2 Å². The number of carbonyl (C=O) groups is 3. The van der Waals surface area contributed by atoms with Crippen molar-refractivity contribution in [1.29, 1.82) is 0 Å². The molecule has 0 spiro atoms. The molecule has 0 radical (unpaired) electrons. The minimum Gasteiger partial charge on any atom is -0.352 e. The van der Waals surface area contributed by atoms with Gasteiger partial charge in [0.05, 0.1) is 29.4 Å². The lowest BCUT2D eigenvalue weighted by atomic mass is 9.91. The molecule has 4 amide bonds. The summed E-state index contributed by atoms with van der Waals surface area (Å²) in [6.07, 6.45) is -2.88. The molecular formula is C23H27F3N4O3. The third-order valence-electron chi connectivity index (χ3n) is 6.30. The lowest BCUT2D eigenvalue weighted by molar-refractivity contribution is -0.139. The third-order valence-corrected chi connectivity index (χ3v) is 6.30. The number of benzene rings is 1. The van der Waals surface area contributed by atoms with E-state index >= 15 is 0 Å². The Morgan fingerprint density at radius 2 is 1.88 bits per heavy atom. The molecule has 0 aromatic heterocycles. The Hall–Kier alpha value is -3.04. The van der Waals surface area contributed by atoms with Gasteiger partial charge in [-0.15, -0.1) is 0 Å². The zero-order chi connectivity index (χ0) is 24.1. The number of urea groups is 1. The van der Waals surface area contributed by atoms with E-state index in [1.165, 1.54) is 28.0 Å². The highest BCUT2D eigenvalue weighted by Crippen LogP contribution is 2.42. The summed E-state index contributed by atoms with van der Waals surface area (Å²) >= 11 is 0. The predicted octanol–water partition coefficient (Wildman–Crippen LogP) is 3.19. The van der Waals surface area contributed by atoms with Crippen LogP contribution in [0.15, 0.2) is 35.5 Å². The lowest BCUT2D eigenvalue weighted by Gasteiger charge is -2.33. The minimum absolute atomic E-state index is 0.0129. The van der Waals surface area contributed by atoms with Crippen LogP contribution < -0.4 is 10.6 Å². The molecule has 1 aliphatic carbocycles. The molecule has 10 heteroatoms. The van der Waals surface area contributed by atoms with Gasteiger partial charge in [0.15, 0.2) is 0 Å². The third kappa shape index (κ3) is 4.18. The Balaban J connectivity index is 1.76. The molecular weight excluding hydrogens is 437 g/mol. The van der Waals surface area contributed by atoms with E-state index in [-0.39, 0.29) is 42.1 Å². The smallest absolute Gasteiger partial charge is 0.352 e. The number of nitrogens with one attached hydrogen (secondary N) is 2. The van der Waals surface area contributed by atoms with Crippen molar-refractivity contribution in [2.75, 3.05) is 13.1 Å². The van der Waals surface area contributed by atoms with E-state index in [0.29, 0.717) is 5.70 Å². The second-order valence-electron chi connectivity index (χ2n) is 8.98. The van der Waals surface area contributed by atoms with Gasteiger partial charge in [0.25, 0.3) is 5.91 Å². The molecule has 1 fully saturated rings. The second kappa shape index (κ2) is 8.39. The molecule has 2 aliphatic heterocycles. The quantitative estimate of drug-likeness (QED) is 0.679. The maximum atomic E-state index is 13.7. The number of rotatable bonds is 6. The molecule has 1 aromatic carbocycles. The first-order valence-electron chi connectivity index (χ1n) is 11.1. The molecule has 0 bridgehead atoms. The number of amides is 4. The van der Waals surface area contributed by atoms with Crippen LogP contribution in [0.2, 0.25) is 0 Å².